The lowest BCUT2D eigenvalue weighted by molar-refractivity contribution is 0.101. The second-order valence-corrected chi connectivity index (χ2v) is 5.66. The van der Waals surface area contributed by atoms with Gasteiger partial charge in [0.15, 0.2) is 5.78 Å². The van der Waals surface area contributed by atoms with Crippen LogP contribution in [0.4, 0.5) is 0 Å². The molecule has 0 aliphatic carbocycles. The zero-order chi connectivity index (χ0) is 15.8. The van der Waals surface area contributed by atoms with Gasteiger partial charge in [-0.25, -0.2) is 4.98 Å². The molecular weight excluding hydrogens is 282 g/mol. The first-order valence-electron chi connectivity index (χ1n) is 7.63. The lowest BCUT2D eigenvalue weighted by Crippen LogP contribution is -1.98. The topological polar surface area (TPSA) is 30.0 Å². The van der Waals surface area contributed by atoms with Crippen LogP contribution in [-0.2, 0) is 0 Å². The predicted octanol–water partition coefficient (Wildman–Crippen LogP) is 5.26. The van der Waals surface area contributed by atoms with E-state index in [2.05, 4.69) is 12.1 Å². The molecule has 0 saturated heterocycles. The maximum Gasteiger partial charge on any atom is 0.160 e. The quantitative estimate of drug-likeness (QED) is 0.373. The van der Waals surface area contributed by atoms with E-state index in [-0.39, 0.29) is 5.78 Å². The van der Waals surface area contributed by atoms with E-state index >= 15 is 0 Å². The van der Waals surface area contributed by atoms with Crippen LogP contribution < -0.4 is 0 Å². The SMILES string of the molecule is CC(=O)c1ccc2nc3ccccc3cc2c1-c1ccccc1. The fourth-order valence-electron chi connectivity index (χ4n) is 3.06. The molecule has 0 atom stereocenters. The number of rotatable bonds is 2. The third-order valence-electron chi connectivity index (χ3n) is 4.14. The Bertz CT molecular complexity index is 1040. The van der Waals surface area contributed by atoms with E-state index in [0.717, 1.165) is 38.5 Å². The standard InChI is InChI=1S/C21H15NO/c1-14(23)17-11-12-20-18(21(17)15-7-3-2-4-8-15)13-16-9-5-6-10-19(16)22-20/h2-13H,1H3. The molecule has 0 aliphatic rings. The van der Waals surface area contributed by atoms with Crippen LogP contribution in [0.1, 0.15) is 17.3 Å². The highest BCUT2D eigenvalue weighted by molar-refractivity contribution is 6.11. The second-order valence-electron chi connectivity index (χ2n) is 5.66. The van der Waals surface area contributed by atoms with Crippen molar-refractivity contribution < 1.29 is 4.79 Å². The molecule has 0 fully saturated rings. The van der Waals surface area contributed by atoms with Gasteiger partial charge in [0.2, 0.25) is 0 Å². The Morgan fingerprint density at radius 2 is 1.57 bits per heavy atom. The molecule has 1 aromatic heterocycles. The van der Waals surface area contributed by atoms with Gasteiger partial charge in [0.1, 0.15) is 0 Å². The number of fused-ring (bicyclic) bond motifs is 2. The number of Topliss-reactive ketones (excluding diaryl/α,β-unsaturated/α-hetero) is 1. The van der Waals surface area contributed by atoms with Crippen molar-refractivity contribution in [3.63, 3.8) is 0 Å². The van der Waals surface area contributed by atoms with E-state index in [1.165, 1.54) is 0 Å². The van der Waals surface area contributed by atoms with E-state index in [0.29, 0.717) is 0 Å². The van der Waals surface area contributed by atoms with E-state index in [4.69, 9.17) is 4.98 Å². The molecule has 23 heavy (non-hydrogen) atoms. The van der Waals surface area contributed by atoms with Gasteiger partial charge in [0, 0.05) is 21.9 Å². The largest absolute Gasteiger partial charge is 0.294 e. The van der Waals surface area contributed by atoms with Crippen LogP contribution in [0.5, 0.6) is 0 Å². The van der Waals surface area contributed by atoms with Gasteiger partial charge in [-0.15, -0.1) is 0 Å². The van der Waals surface area contributed by atoms with Gasteiger partial charge in [-0.05, 0) is 36.8 Å². The van der Waals surface area contributed by atoms with Crippen LogP contribution in [0.15, 0.2) is 72.8 Å². The van der Waals surface area contributed by atoms with Gasteiger partial charge < -0.3 is 0 Å². The number of hydrogen-bond donors (Lipinski definition) is 0. The predicted molar refractivity (Wildman–Crippen MR) is 94.7 cm³/mol. The second kappa shape index (κ2) is 5.33. The summed E-state index contributed by atoms with van der Waals surface area (Å²) < 4.78 is 0. The summed E-state index contributed by atoms with van der Waals surface area (Å²) in [6.07, 6.45) is 0. The number of carbonyl (C=O) groups excluding carboxylic acids is 1. The molecular formula is C21H15NO. The monoisotopic (exact) mass is 297 g/mol. The van der Waals surface area contributed by atoms with Crippen molar-refractivity contribution in [2.75, 3.05) is 0 Å². The lowest BCUT2D eigenvalue weighted by Gasteiger charge is -2.12. The Morgan fingerprint density at radius 3 is 2.35 bits per heavy atom. The summed E-state index contributed by atoms with van der Waals surface area (Å²) in [6, 6.07) is 24.1. The number of ketones is 1. The minimum Gasteiger partial charge on any atom is -0.294 e. The van der Waals surface area contributed by atoms with E-state index in [1.807, 2.05) is 60.7 Å². The zero-order valence-corrected chi connectivity index (χ0v) is 12.8. The van der Waals surface area contributed by atoms with Gasteiger partial charge in [-0.3, -0.25) is 4.79 Å². The van der Waals surface area contributed by atoms with Crippen LogP contribution >= 0.6 is 0 Å². The van der Waals surface area contributed by atoms with Crippen molar-refractivity contribution >= 4 is 27.6 Å². The Kier molecular flexibility index (Phi) is 3.16. The van der Waals surface area contributed by atoms with Crippen molar-refractivity contribution in [1.29, 1.82) is 0 Å². The van der Waals surface area contributed by atoms with Crippen LogP contribution in [0.3, 0.4) is 0 Å². The molecule has 0 aliphatic heterocycles. The summed E-state index contributed by atoms with van der Waals surface area (Å²) in [5, 5.41) is 2.10. The molecule has 0 N–H and O–H groups in total. The third kappa shape index (κ3) is 2.29. The minimum atomic E-state index is 0.0684. The maximum atomic E-state index is 12.1. The third-order valence-corrected chi connectivity index (χ3v) is 4.14. The van der Waals surface area contributed by atoms with Crippen LogP contribution in [0, 0.1) is 0 Å². The first kappa shape index (κ1) is 13.6. The number of carbonyl (C=O) groups is 1. The van der Waals surface area contributed by atoms with Crippen molar-refractivity contribution in [1.82, 2.24) is 4.98 Å². The maximum absolute atomic E-state index is 12.1. The summed E-state index contributed by atoms with van der Waals surface area (Å²) >= 11 is 0. The van der Waals surface area contributed by atoms with Gasteiger partial charge in [-0.1, -0.05) is 48.5 Å². The summed E-state index contributed by atoms with van der Waals surface area (Å²) in [4.78, 5) is 16.9. The molecule has 1 heterocycles. The van der Waals surface area contributed by atoms with Crippen LogP contribution in [-0.4, -0.2) is 10.8 Å². The number of nitrogens with zero attached hydrogens (tertiary/aromatic N) is 1. The number of para-hydroxylation sites is 1. The van der Waals surface area contributed by atoms with Crippen LogP contribution in [0.25, 0.3) is 32.9 Å². The first-order chi connectivity index (χ1) is 11.2. The average molecular weight is 297 g/mol. The molecule has 0 saturated carbocycles. The van der Waals surface area contributed by atoms with Crippen molar-refractivity contribution in [3.8, 4) is 11.1 Å². The number of aromatic nitrogens is 1. The molecule has 0 radical (unpaired) electrons. The van der Waals surface area contributed by atoms with Gasteiger partial charge in [-0.2, -0.15) is 0 Å². The smallest absolute Gasteiger partial charge is 0.160 e. The summed E-state index contributed by atoms with van der Waals surface area (Å²) in [5.74, 6) is 0.0684. The fraction of sp³-hybridized carbons (Fsp3) is 0.0476. The minimum absolute atomic E-state index is 0.0684. The summed E-state index contributed by atoms with van der Waals surface area (Å²) in [6.45, 7) is 1.61. The Morgan fingerprint density at radius 1 is 0.826 bits per heavy atom. The molecule has 3 aromatic carbocycles. The van der Waals surface area contributed by atoms with Crippen molar-refractivity contribution in [2.24, 2.45) is 0 Å². The molecule has 0 spiro atoms. The van der Waals surface area contributed by atoms with Gasteiger partial charge in [0.05, 0.1) is 11.0 Å². The molecule has 110 valence electrons. The van der Waals surface area contributed by atoms with E-state index < -0.39 is 0 Å². The van der Waals surface area contributed by atoms with Crippen molar-refractivity contribution in [3.05, 3.63) is 78.4 Å². The van der Waals surface area contributed by atoms with E-state index in [9.17, 15) is 4.79 Å². The molecule has 2 nitrogen and oxygen atoms in total. The Hall–Kier alpha value is -3.00. The highest BCUT2D eigenvalue weighted by atomic mass is 16.1. The van der Waals surface area contributed by atoms with Gasteiger partial charge >= 0.3 is 0 Å². The molecule has 2 heteroatoms. The molecule has 0 amide bonds. The Balaban J connectivity index is 2.16. The Labute approximate surface area is 134 Å². The molecule has 4 rings (SSSR count). The number of benzene rings is 3. The van der Waals surface area contributed by atoms with Crippen LogP contribution in [0.2, 0.25) is 0 Å². The number of pyridine rings is 1. The molecule has 0 bridgehead atoms. The summed E-state index contributed by atoms with van der Waals surface area (Å²) in [7, 11) is 0. The molecule has 4 aromatic rings. The highest BCUT2D eigenvalue weighted by Crippen LogP contribution is 2.33. The summed E-state index contributed by atoms with van der Waals surface area (Å²) in [5.41, 5.74) is 4.62. The molecule has 0 unspecified atom stereocenters. The lowest BCUT2D eigenvalue weighted by atomic mass is 9.92. The number of hydrogen-bond acceptors (Lipinski definition) is 2. The van der Waals surface area contributed by atoms with Gasteiger partial charge in [0.25, 0.3) is 0 Å². The normalized spacial score (nSPS) is 11.0. The van der Waals surface area contributed by atoms with Crippen molar-refractivity contribution in [2.45, 2.75) is 6.92 Å². The van der Waals surface area contributed by atoms with E-state index in [1.54, 1.807) is 6.92 Å². The zero-order valence-electron chi connectivity index (χ0n) is 12.8. The highest BCUT2D eigenvalue weighted by Gasteiger charge is 2.14. The first-order valence-corrected chi connectivity index (χ1v) is 7.63. The fourth-order valence-corrected chi connectivity index (χ4v) is 3.06. The average Bonchev–Trinajstić information content (AvgIpc) is 2.59.